The Kier molecular flexibility index (Phi) is 3.77. The van der Waals surface area contributed by atoms with Crippen LogP contribution in [0.2, 0.25) is 0 Å². The van der Waals surface area contributed by atoms with Crippen molar-refractivity contribution in [3.8, 4) is 17.1 Å². The van der Waals surface area contributed by atoms with Crippen LogP contribution in [0.25, 0.3) is 11.3 Å². The highest BCUT2D eigenvalue weighted by Crippen LogP contribution is 2.32. The minimum Gasteiger partial charge on any atom is -0.487 e. The van der Waals surface area contributed by atoms with E-state index >= 15 is 0 Å². The summed E-state index contributed by atoms with van der Waals surface area (Å²) >= 11 is 0. The van der Waals surface area contributed by atoms with Gasteiger partial charge in [-0.1, -0.05) is 6.07 Å². The number of hydrogen-bond acceptors (Lipinski definition) is 3. The van der Waals surface area contributed by atoms with E-state index in [1.54, 1.807) is 37.6 Å². The van der Waals surface area contributed by atoms with Gasteiger partial charge in [0.15, 0.2) is 11.6 Å². The molecule has 0 aliphatic carbocycles. The maximum atomic E-state index is 13.7. The Hall–Kier alpha value is -1.81. The lowest BCUT2D eigenvalue weighted by Crippen LogP contribution is -2.06. The monoisotopic (exact) mass is 236 g/mol. The zero-order valence-corrected chi connectivity index (χ0v) is 9.48. The summed E-state index contributed by atoms with van der Waals surface area (Å²) < 4.78 is 29.1. The molecule has 0 radical (unpaired) electrons. The van der Waals surface area contributed by atoms with Gasteiger partial charge in [-0.25, -0.2) is 4.39 Å². The normalized spacial score (nSPS) is 10.5. The molecule has 0 saturated carbocycles. The minimum atomic E-state index is -0.407. The molecule has 2 aromatic rings. The standard InChI is InChI=1S/C13H13FO3/c1-15-8-9-17-13-10(4-2-5-11(13)14)12-6-3-7-16-12/h2-7H,8-9H2,1H3. The van der Waals surface area contributed by atoms with Gasteiger partial charge in [0.05, 0.1) is 18.4 Å². The fourth-order valence-electron chi connectivity index (χ4n) is 1.51. The first-order valence-electron chi connectivity index (χ1n) is 5.27. The Morgan fingerprint density at radius 3 is 2.76 bits per heavy atom. The number of ether oxygens (including phenoxy) is 2. The van der Waals surface area contributed by atoms with Crippen molar-refractivity contribution in [3.05, 3.63) is 42.4 Å². The number of methoxy groups -OCH3 is 1. The van der Waals surface area contributed by atoms with Gasteiger partial charge in [0.2, 0.25) is 0 Å². The average molecular weight is 236 g/mol. The van der Waals surface area contributed by atoms with Gasteiger partial charge in [-0.15, -0.1) is 0 Å². The van der Waals surface area contributed by atoms with Gasteiger partial charge in [-0.2, -0.15) is 0 Å². The largest absolute Gasteiger partial charge is 0.487 e. The Bertz CT molecular complexity index is 466. The van der Waals surface area contributed by atoms with Crippen molar-refractivity contribution in [3.63, 3.8) is 0 Å². The molecule has 2 rings (SSSR count). The Labute approximate surface area is 98.8 Å². The second-order valence-corrected chi connectivity index (χ2v) is 3.44. The van der Waals surface area contributed by atoms with Crippen LogP contribution in [0.1, 0.15) is 0 Å². The predicted molar refractivity (Wildman–Crippen MR) is 61.5 cm³/mol. The Morgan fingerprint density at radius 2 is 2.06 bits per heavy atom. The van der Waals surface area contributed by atoms with Gasteiger partial charge in [0.1, 0.15) is 12.4 Å². The van der Waals surface area contributed by atoms with Crippen LogP contribution in [0.3, 0.4) is 0 Å². The van der Waals surface area contributed by atoms with Crippen LogP contribution in [0, 0.1) is 5.82 Å². The molecule has 1 aromatic heterocycles. The first-order valence-corrected chi connectivity index (χ1v) is 5.27. The van der Waals surface area contributed by atoms with E-state index < -0.39 is 5.82 Å². The van der Waals surface area contributed by atoms with Crippen LogP contribution in [0.4, 0.5) is 4.39 Å². The molecule has 0 atom stereocenters. The average Bonchev–Trinajstić information content (AvgIpc) is 2.85. The quantitative estimate of drug-likeness (QED) is 0.747. The van der Waals surface area contributed by atoms with Crippen molar-refractivity contribution in [1.82, 2.24) is 0 Å². The summed E-state index contributed by atoms with van der Waals surface area (Å²) in [7, 11) is 1.57. The highest BCUT2D eigenvalue weighted by Gasteiger charge is 2.13. The Morgan fingerprint density at radius 1 is 1.18 bits per heavy atom. The third kappa shape index (κ3) is 2.65. The lowest BCUT2D eigenvalue weighted by Gasteiger charge is -2.10. The van der Waals surface area contributed by atoms with Crippen molar-refractivity contribution in [1.29, 1.82) is 0 Å². The molecule has 0 saturated heterocycles. The van der Waals surface area contributed by atoms with E-state index in [1.807, 2.05) is 0 Å². The zero-order valence-electron chi connectivity index (χ0n) is 9.48. The van der Waals surface area contributed by atoms with Crippen molar-refractivity contribution < 1.29 is 18.3 Å². The molecule has 0 unspecified atom stereocenters. The molecule has 90 valence electrons. The number of benzene rings is 1. The van der Waals surface area contributed by atoms with Crippen molar-refractivity contribution >= 4 is 0 Å². The summed E-state index contributed by atoms with van der Waals surface area (Å²) in [5.74, 6) is 0.367. The molecule has 0 bridgehead atoms. The molecule has 1 heterocycles. The van der Waals surface area contributed by atoms with E-state index in [1.165, 1.54) is 6.07 Å². The summed E-state index contributed by atoms with van der Waals surface area (Å²) in [5.41, 5.74) is 0.603. The first-order chi connectivity index (χ1) is 8.33. The first kappa shape index (κ1) is 11.7. The minimum absolute atomic E-state index is 0.194. The van der Waals surface area contributed by atoms with Crippen LogP contribution in [-0.2, 0) is 4.74 Å². The highest BCUT2D eigenvalue weighted by molar-refractivity contribution is 5.65. The molecule has 0 amide bonds. The van der Waals surface area contributed by atoms with Crippen LogP contribution in [-0.4, -0.2) is 20.3 Å². The third-order valence-corrected chi connectivity index (χ3v) is 2.29. The van der Waals surface area contributed by atoms with Gasteiger partial charge < -0.3 is 13.9 Å². The number of furan rings is 1. The molecule has 0 aliphatic heterocycles. The molecule has 0 fully saturated rings. The predicted octanol–water partition coefficient (Wildman–Crippen LogP) is 3.11. The van der Waals surface area contributed by atoms with Crippen LogP contribution < -0.4 is 4.74 Å². The second kappa shape index (κ2) is 5.50. The van der Waals surface area contributed by atoms with Gasteiger partial charge >= 0.3 is 0 Å². The van der Waals surface area contributed by atoms with E-state index in [4.69, 9.17) is 13.9 Å². The van der Waals surface area contributed by atoms with E-state index in [2.05, 4.69) is 0 Å². The third-order valence-electron chi connectivity index (χ3n) is 2.29. The van der Waals surface area contributed by atoms with E-state index in [0.717, 1.165) is 0 Å². The van der Waals surface area contributed by atoms with Gasteiger partial charge in [-0.3, -0.25) is 0 Å². The SMILES string of the molecule is COCCOc1c(F)cccc1-c1ccco1. The molecule has 3 nitrogen and oxygen atoms in total. The lowest BCUT2D eigenvalue weighted by molar-refractivity contribution is 0.144. The number of halogens is 1. The molecule has 4 heteroatoms. The van der Waals surface area contributed by atoms with Crippen molar-refractivity contribution in [2.24, 2.45) is 0 Å². The summed E-state index contributed by atoms with van der Waals surface area (Å²) in [6.07, 6.45) is 1.54. The summed E-state index contributed by atoms with van der Waals surface area (Å²) in [6.45, 7) is 0.705. The van der Waals surface area contributed by atoms with Gasteiger partial charge in [0.25, 0.3) is 0 Å². The lowest BCUT2D eigenvalue weighted by atomic mass is 10.1. The molecule has 0 spiro atoms. The molecular formula is C13H13FO3. The smallest absolute Gasteiger partial charge is 0.166 e. The molecule has 1 aromatic carbocycles. The van der Waals surface area contributed by atoms with Crippen molar-refractivity contribution in [2.75, 3.05) is 20.3 Å². The summed E-state index contributed by atoms with van der Waals surface area (Å²) in [4.78, 5) is 0. The van der Waals surface area contributed by atoms with Crippen LogP contribution in [0.5, 0.6) is 5.75 Å². The molecule has 0 aliphatic rings. The van der Waals surface area contributed by atoms with Gasteiger partial charge in [-0.05, 0) is 24.3 Å². The molecule has 0 N–H and O–H groups in total. The number of hydrogen-bond donors (Lipinski definition) is 0. The van der Waals surface area contributed by atoms with Crippen molar-refractivity contribution in [2.45, 2.75) is 0 Å². The van der Waals surface area contributed by atoms with E-state index in [9.17, 15) is 4.39 Å². The second-order valence-electron chi connectivity index (χ2n) is 3.44. The summed E-state index contributed by atoms with van der Waals surface area (Å²) in [5, 5.41) is 0. The zero-order chi connectivity index (χ0) is 12.1. The highest BCUT2D eigenvalue weighted by atomic mass is 19.1. The number of rotatable bonds is 5. The van der Waals surface area contributed by atoms with Crippen LogP contribution in [0.15, 0.2) is 41.0 Å². The summed E-state index contributed by atoms with van der Waals surface area (Å²) in [6, 6.07) is 8.24. The van der Waals surface area contributed by atoms with E-state index in [-0.39, 0.29) is 5.75 Å². The van der Waals surface area contributed by atoms with Crippen LogP contribution >= 0.6 is 0 Å². The topological polar surface area (TPSA) is 31.6 Å². The van der Waals surface area contributed by atoms with E-state index in [0.29, 0.717) is 24.5 Å². The molecular weight excluding hydrogens is 223 g/mol. The number of para-hydroxylation sites is 1. The fourth-order valence-corrected chi connectivity index (χ4v) is 1.51. The maximum Gasteiger partial charge on any atom is 0.166 e. The fraction of sp³-hybridized carbons (Fsp3) is 0.231. The van der Waals surface area contributed by atoms with Gasteiger partial charge in [0, 0.05) is 7.11 Å². The Balaban J connectivity index is 2.28. The molecule has 17 heavy (non-hydrogen) atoms. The maximum absolute atomic E-state index is 13.7.